The number of rotatable bonds is 10. The van der Waals surface area contributed by atoms with Crippen molar-refractivity contribution in [3.8, 4) is 0 Å². The van der Waals surface area contributed by atoms with Crippen molar-refractivity contribution in [2.45, 2.75) is 143 Å². The molecule has 5 aliphatic rings. The number of aromatic nitrogens is 8. The summed E-state index contributed by atoms with van der Waals surface area (Å²) in [6, 6.07) is 0. The van der Waals surface area contributed by atoms with Crippen molar-refractivity contribution < 1.29 is 4.74 Å². The van der Waals surface area contributed by atoms with Crippen molar-refractivity contribution in [1.29, 1.82) is 0 Å². The molecule has 4 aromatic heterocycles. The number of imidazole rings is 2. The molecule has 0 aromatic carbocycles. The third-order valence-corrected chi connectivity index (χ3v) is 12.5. The van der Waals surface area contributed by atoms with Gasteiger partial charge < -0.3 is 14.7 Å². The average molecular weight is 689 g/mol. The topological polar surface area (TPSA) is 158 Å². The van der Waals surface area contributed by atoms with Crippen LogP contribution in [0.5, 0.6) is 0 Å². The molecule has 9 unspecified atom stereocenters. The highest BCUT2D eigenvalue weighted by Gasteiger charge is 2.64. The molecule has 4 aromatic rings. The molecular formula is C37H52N8O5. The van der Waals surface area contributed by atoms with Gasteiger partial charge in [0.2, 0.25) is 0 Å². The number of aromatic amines is 2. The molecule has 13 nitrogen and oxygen atoms in total. The molecule has 4 saturated carbocycles. The molecule has 1 aliphatic heterocycles. The molecule has 1 saturated heterocycles. The summed E-state index contributed by atoms with van der Waals surface area (Å²) in [6.45, 7) is 12.4. The Morgan fingerprint density at radius 2 is 1.12 bits per heavy atom. The molecule has 4 aliphatic carbocycles. The van der Waals surface area contributed by atoms with Gasteiger partial charge in [-0.3, -0.25) is 27.9 Å². The van der Waals surface area contributed by atoms with E-state index in [0.717, 1.165) is 62.0 Å². The molecule has 0 spiro atoms. The van der Waals surface area contributed by atoms with Crippen LogP contribution in [-0.4, -0.2) is 50.4 Å². The number of H-pyrrole nitrogens is 2. The molecule has 4 bridgehead atoms. The quantitative estimate of drug-likeness (QED) is 0.233. The lowest BCUT2D eigenvalue weighted by Crippen LogP contribution is -2.40. The molecule has 9 atom stereocenters. The van der Waals surface area contributed by atoms with Crippen molar-refractivity contribution in [3.63, 3.8) is 0 Å². The third kappa shape index (κ3) is 5.20. The highest BCUT2D eigenvalue weighted by molar-refractivity contribution is 5.71. The number of hydrogen-bond donors (Lipinski definition) is 2. The largest absolute Gasteiger partial charge is 0.369 e. The molecule has 0 radical (unpaired) electrons. The van der Waals surface area contributed by atoms with Crippen LogP contribution < -0.4 is 22.5 Å². The Morgan fingerprint density at radius 1 is 0.620 bits per heavy atom. The van der Waals surface area contributed by atoms with E-state index in [-0.39, 0.29) is 22.5 Å². The molecule has 270 valence electrons. The number of epoxide rings is 1. The third-order valence-electron chi connectivity index (χ3n) is 12.5. The van der Waals surface area contributed by atoms with Crippen LogP contribution in [0.1, 0.15) is 116 Å². The number of nitrogens with one attached hydrogen (secondary N) is 2. The van der Waals surface area contributed by atoms with Crippen molar-refractivity contribution >= 4 is 22.3 Å². The first-order chi connectivity index (χ1) is 24.2. The smallest absolute Gasteiger partial charge is 0.332 e. The molecule has 2 N–H and O–H groups in total. The van der Waals surface area contributed by atoms with Gasteiger partial charge in [-0.25, -0.2) is 19.6 Å². The van der Waals surface area contributed by atoms with Crippen LogP contribution in [0, 0.1) is 29.6 Å². The summed E-state index contributed by atoms with van der Waals surface area (Å²) < 4.78 is 11.8. The summed E-state index contributed by atoms with van der Waals surface area (Å²) in [7, 11) is 0. The van der Waals surface area contributed by atoms with E-state index in [1.165, 1.54) is 28.4 Å². The highest BCUT2D eigenvalue weighted by Crippen LogP contribution is 2.61. The lowest BCUT2D eigenvalue weighted by atomic mass is 9.81. The summed E-state index contributed by atoms with van der Waals surface area (Å²) in [5, 5.41) is 0. The van der Waals surface area contributed by atoms with Crippen LogP contribution in [0.15, 0.2) is 19.2 Å². The standard InChI is InChI=1S/C19H28N4O2.C18H24N4O3/c1-4-6-22-17-15(18(24)23(7-5-2)19(22)25)20-16(21-17)14-10-12-8-11(3)13(14)9-12;1-3-5-21-16-12(17(23)22(6-4-2)18(21)24)19-15(20-16)11-8-9-7-10(11)14-13(9)25-14/h11-14H,4-10H2,1-3H3,(H,20,21);9-11,13-14H,3-8H2,1-2H3,(H,19,20). The Balaban J connectivity index is 0.000000144. The van der Waals surface area contributed by atoms with Crippen LogP contribution >= 0.6 is 0 Å². The van der Waals surface area contributed by atoms with E-state index >= 15 is 0 Å². The minimum absolute atomic E-state index is 0.218. The monoisotopic (exact) mass is 688 g/mol. The van der Waals surface area contributed by atoms with Gasteiger partial charge >= 0.3 is 11.4 Å². The first-order valence-electron chi connectivity index (χ1n) is 19.3. The SMILES string of the molecule is CCCn1c(=O)c2[nH]c(C3CC4CC(C)C3C4)nc2n(CCC)c1=O.CCCn1c(=O)c2[nH]c(C3CC4CC3C3OC43)nc2n(CCC)c1=O. The summed E-state index contributed by atoms with van der Waals surface area (Å²) in [5.41, 5.74) is 1.14. The molecule has 5 fully saturated rings. The van der Waals surface area contributed by atoms with E-state index in [1.54, 1.807) is 9.13 Å². The van der Waals surface area contributed by atoms with Crippen molar-refractivity contribution in [1.82, 2.24) is 38.2 Å². The second kappa shape index (κ2) is 12.8. The van der Waals surface area contributed by atoms with Crippen LogP contribution in [0.4, 0.5) is 0 Å². The number of fused-ring (bicyclic) bond motifs is 9. The predicted molar refractivity (Wildman–Crippen MR) is 191 cm³/mol. The minimum atomic E-state index is -0.239. The number of hydrogen-bond acceptors (Lipinski definition) is 7. The Labute approximate surface area is 290 Å². The summed E-state index contributed by atoms with van der Waals surface area (Å²) in [6.07, 6.45) is 10.1. The van der Waals surface area contributed by atoms with Gasteiger partial charge in [-0.15, -0.1) is 0 Å². The van der Waals surface area contributed by atoms with Gasteiger partial charge in [0.1, 0.15) is 22.7 Å². The number of aryl methyl sites for hydroxylation is 2. The maximum Gasteiger partial charge on any atom is 0.332 e. The number of ether oxygens (including phenoxy) is 1. The van der Waals surface area contributed by atoms with Crippen molar-refractivity contribution in [2.75, 3.05) is 0 Å². The lowest BCUT2D eigenvalue weighted by Gasteiger charge is -2.25. The summed E-state index contributed by atoms with van der Waals surface area (Å²) in [4.78, 5) is 67.3. The molecule has 9 rings (SSSR count). The van der Waals surface area contributed by atoms with E-state index in [0.29, 0.717) is 90.3 Å². The van der Waals surface area contributed by atoms with Gasteiger partial charge in [0, 0.05) is 38.0 Å². The zero-order chi connectivity index (χ0) is 35.0. The first kappa shape index (κ1) is 33.4. The second-order valence-corrected chi connectivity index (χ2v) is 15.8. The Hall–Kier alpha value is -3.74. The van der Waals surface area contributed by atoms with Gasteiger partial charge in [0.25, 0.3) is 11.1 Å². The highest BCUT2D eigenvalue weighted by atomic mass is 16.6. The van der Waals surface area contributed by atoms with E-state index in [4.69, 9.17) is 14.7 Å². The van der Waals surface area contributed by atoms with Crippen LogP contribution in [0.2, 0.25) is 0 Å². The minimum Gasteiger partial charge on any atom is -0.369 e. The zero-order valence-corrected chi connectivity index (χ0v) is 30.1. The fourth-order valence-corrected chi connectivity index (χ4v) is 10.3. The van der Waals surface area contributed by atoms with Crippen molar-refractivity contribution in [2.24, 2.45) is 29.6 Å². The van der Waals surface area contributed by atoms with E-state index in [2.05, 4.69) is 16.9 Å². The fourth-order valence-electron chi connectivity index (χ4n) is 10.3. The molecule has 5 heterocycles. The maximum atomic E-state index is 12.8. The molecular weight excluding hydrogens is 636 g/mol. The predicted octanol–water partition coefficient (Wildman–Crippen LogP) is 4.45. The Bertz CT molecular complexity index is 2040. The van der Waals surface area contributed by atoms with Gasteiger partial charge in [-0.2, -0.15) is 0 Å². The summed E-state index contributed by atoms with van der Waals surface area (Å²) >= 11 is 0. The normalized spacial score (nSPS) is 30.4. The van der Waals surface area contributed by atoms with Crippen LogP contribution in [0.25, 0.3) is 22.3 Å². The maximum absolute atomic E-state index is 12.8. The van der Waals surface area contributed by atoms with Gasteiger partial charge in [0.05, 0.1) is 12.2 Å². The molecule has 50 heavy (non-hydrogen) atoms. The number of nitrogens with zero attached hydrogens (tertiary/aromatic N) is 6. The van der Waals surface area contributed by atoms with Crippen LogP contribution in [-0.2, 0) is 30.9 Å². The van der Waals surface area contributed by atoms with Crippen LogP contribution in [0.3, 0.4) is 0 Å². The lowest BCUT2D eigenvalue weighted by molar-refractivity contribution is 0.260. The Kier molecular flexibility index (Phi) is 8.55. The Morgan fingerprint density at radius 3 is 1.56 bits per heavy atom. The zero-order valence-electron chi connectivity index (χ0n) is 30.1. The van der Waals surface area contributed by atoms with E-state index < -0.39 is 0 Å². The fraction of sp³-hybridized carbons (Fsp3) is 0.730. The van der Waals surface area contributed by atoms with Gasteiger partial charge in [-0.05, 0) is 87.4 Å². The van der Waals surface area contributed by atoms with E-state index in [1.807, 2.05) is 27.7 Å². The average Bonchev–Trinajstić information content (AvgIpc) is 3.73. The molecule has 0 amide bonds. The van der Waals surface area contributed by atoms with Gasteiger partial charge in [-0.1, -0.05) is 34.6 Å². The summed E-state index contributed by atoms with van der Waals surface area (Å²) in [5.74, 6) is 5.86. The van der Waals surface area contributed by atoms with Crippen molar-refractivity contribution in [3.05, 3.63) is 53.3 Å². The second-order valence-electron chi connectivity index (χ2n) is 15.8. The van der Waals surface area contributed by atoms with E-state index in [9.17, 15) is 19.2 Å². The first-order valence-corrected chi connectivity index (χ1v) is 19.3. The van der Waals surface area contributed by atoms with Gasteiger partial charge in [0.15, 0.2) is 11.3 Å². The molecule has 13 heteroatoms.